The van der Waals surface area contributed by atoms with Crippen molar-refractivity contribution in [2.24, 2.45) is 14.1 Å². The first-order chi connectivity index (χ1) is 13.5. The topological polar surface area (TPSA) is 71.1 Å². The third kappa shape index (κ3) is 2.72. The van der Waals surface area contributed by atoms with Crippen LogP contribution in [-0.2, 0) is 20.6 Å². The lowest BCUT2D eigenvalue weighted by Crippen LogP contribution is -2.37. The molecular formula is C21H20N4O3. The van der Waals surface area contributed by atoms with Crippen molar-refractivity contribution >= 4 is 21.9 Å². The smallest absolute Gasteiger partial charge is 0.332 e. The zero-order chi connectivity index (χ0) is 19.8. The quantitative estimate of drug-likeness (QED) is 0.501. The van der Waals surface area contributed by atoms with Crippen molar-refractivity contribution in [3.05, 3.63) is 81.5 Å². The number of hydrogen-bond donors (Lipinski definition) is 0. The van der Waals surface area contributed by atoms with Crippen molar-refractivity contribution < 1.29 is 4.74 Å². The van der Waals surface area contributed by atoms with Gasteiger partial charge in [-0.1, -0.05) is 55.1 Å². The molecule has 0 N–H and O–H groups in total. The van der Waals surface area contributed by atoms with Crippen LogP contribution in [0.1, 0.15) is 5.56 Å². The molecule has 0 fully saturated rings. The maximum atomic E-state index is 12.9. The van der Waals surface area contributed by atoms with Crippen LogP contribution in [-0.4, -0.2) is 25.3 Å². The van der Waals surface area contributed by atoms with Crippen molar-refractivity contribution in [2.75, 3.05) is 6.61 Å². The second kappa shape index (κ2) is 6.84. The average Bonchev–Trinajstić information content (AvgIpc) is 3.07. The van der Waals surface area contributed by atoms with Crippen LogP contribution < -0.4 is 16.0 Å². The second-order valence-corrected chi connectivity index (χ2v) is 6.60. The largest absolute Gasteiger partial charge is 0.460 e. The molecular weight excluding hydrogens is 356 g/mol. The van der Waals surface area contributed by atoms with E-state index in [0.717, 1.165) is 20.9 Å². The lowest BCUT2D eigenvalue weighted by Gasteiger charge is -2.11. The standard InChI is InChI=1S/C21H20N4O3/c1-4-12-28-20-22-18-17(19(26)24(3)21(27)23(18)2)25(20)13-15-10-7-9-14-8-5-6-11-16(14)15/h4-11H,1,12-13H2,2-3H3. The van der Waals surface area contributed by atoms with Gasteiger partial charge in [-0.05, 0) is 16.3 Å². The van der Waals surface area contributed by atoms with E-state index in [9.17, 15) is 9.59 Å². The molecule has 0 aliphatic carbocycles. The van der Waals surface area contributed by atoms with Gasteiger partial charge in [0.15, 0.2) is 11.2 Å². The number of fused-ring (bicyclic) bond motifs is 2. The van der Waals surface area contributed by atoms with E-state index in [0.29, 0.717) is 17.7 Å². The molecule has 0 aliphatic heterocycles. The third-order valence-electron chi connectivity index (χ3n) is 4.85. The highest BCUT2D eigenvalue weighted by Gasteiger charge is 2.20. The predicted octanol–water partition coefficient (Wildman–Crippen LogP) is 2.20. The third-order valence-corrected chi connectivity index (χ3v) is 4.85. The van der Waals surface area contributed by atoms with Crippen LogP contribution in [0.5, 0.6) is 6.01 Å². The zero-order valence-electron chi connectivity index (χ0n) is 15.8. The van der Waals surface area contributed by atoms with Crippen LogP contribution in [0.2, 0.25) is 0 Å². The molecule has 0 saturated heterocycles. The SMILES string of the molecule is C=CCOc1nc2c(c(=O)n(C)c(=O)n2C)n1Cc1cccc2ccccc12. The van der Waals surface area contributed by atoms with E-state index < -0.39 is 11.2 Å². The lowest BCUT2D eigenvalue weighted by atomic mass is 10.0. The van der Waals surface area contributed by atoms with Gasteiger partial charge in [0.05, 0.1) is 6.54 Å². The van der Waals surface area contributed by atoms with Crippen molar-refractivity contribution in [1.82, 2.24) is 18.7 Å². The summed E-state index contributed by atoms with van der Waals surface area (Å²) < 4.78 is 9.88. The number of ether oxygens (including phenoxy) is 1. The summed E-state index contributed by atoms with van der Waals surface area (Å²) >= 11 is 0. The summed E-state index contributed by atoms with van der Waals surface area (Å²) in [5, 5.41) is 2.20. The number of hydrogen-bond acceptors (Lipinski definition) is 4. The van der Waals surface area contributed by atoms with Gasteiger partial charge in [-0.25, -0.2) is 4.79 Å². The number of aromatic nitrogens is 4. The fourth-order valence-electron chi connectivity index (χ4n) is 3.42. The summed E-state index contributed by atoms with van der Waals surface area (Å²) in [4.78, 5) is 29.6. The Balaban J connectivity index is 2.00. The summed E-state index contributed by atoms with van der Waals surface area (Å²) in [5.74, 6) is 0. The number of rotatable bonds is 5. The second-order valence-electron chi connectivity index (χ2n) is 6.60. The van der Waals surface area contributed by atoms with Crippen molar-refractivity contribution in [3.8, 4) is 6.01 Å². The fraction of sp³-hybridized carbons (Fsp3) is 0.190. The minimum absolute atomic E-state index is 0.243. The highest BCUT2D eigenvalue weighted by atomic mass is 16.5. The van der Waals surface area contributed by atoms with Crippen molar-refractivity contribution in [3.63, 3.8) is 0 Å². The molecule has 2 aromatic heterocycles. The highest BCUT2D eigenvalue weighted by Crippen LogP contribution is 2.24. The molecule has 2 aromatic carbocycles. The Morgan fingerprint density at radius 1 is 1.07 bits per heavy atom. The minimum atomic E-state index is -0.428. The van der Waals surface area contributed by atoms with Crippen LogP contribution in [0.25, 0.3) is 21.9 Å². The summed E-state index contributed by atoms with van der Waals surface area (Å²) in [6.07, 6.45) is 1.61. The van der Waals surface area contributed by atoms with Crippen LogP contribution in [0, 0.1) is 0 Å². The van der Waals surface area contributed by atoms with E-state index in [2.05, 4.69) is 11.6 Å². The van der Waals surface area contributed by atoms with Gasteiger partial charge in [-0.2, -0.15) is 4.98 Å². The molecule has 7 nitrogen and oxygen atoms in total. The molecule has 0 saturated carbocycles. The van der Waals surface area contributed by atoms with Gasteiger partial charge in [-0.15, -0.1) is 0 Å². The molecule has 2 heterocycles. The molecule has 4 aromatic rings. The summed E-state index contributed by atoms with van der Waals surface area (Å²) in [6, 6.07) is 14.4. The Labute approximate surface area is 160 Å². The molecule has 0 radical (unpaired) electrons. The summed E-state index contributed by atoms with van der Waals surface area (Å²) in [5.41, 5.74) is 0.822. The molecule has 0 spiro atoms. The Morgan fingerprint density at radius 3 is 2.61 bits per heavy atom. The van der Waals surface area contributed by atoms with Crippen molar-refractivity contribution in [2.45, 2.75) is 6.54 Å². The maximum Gasteiger partial charge on any atom is 0.332 e. The van der Waals surface area contributed by atoms with Crippen LogP contribution >= 0.6 is 0 Å². The lowest BCUT2D eigenvalue weighted by molar-refractivity contribution is 0.320. The van der Waals surface area contributed by atoms with E-state index >= 15 is 0 Å². The Bertz CT molecular complexity index is 1320. The molecule has 0 aliphatic rings. The first-order valence-corrected chi connectivity index (χ1v) is 8.89. The van der Waals surface area contributed by atoms with Gasteiger partial charge in [0.25, 0.3) is 11.6 Å². The molecule has 0 bridgehead atoms. The van der Waals surface area contributed by atoms with Gasteiger partial charge < -0.3 is 4.74 Å². The summed E-state index contributed by atoms with van der Waals surface area (Å²) in [6.45, 7) is 4.29. The van der Waals surface area contributed by atoms with E-state index in [1.807, 2.05) is 42.5 Å². The van der Waals surface area contributed by atoms with E-state index in [1.165, 1.54) is 11.6 Å². The first kappa shape index (κ1) is 17.8. The van der Waals surface area contributed by atoms with Crippen LogP contribution in [0.4, 0.5) is 0 Å². The maximum absolute atomic E-state index is 12.9. The van der Waals surface area contributed by atoms with E-state index in [-0.39, 0.29) is 12.6 Å². The van der Waals surface area contributed by atoms with Gasteiger partial charge in [0, 0.05) is 14.1 Å². The van der Waals surface area contributed by atoms with E-state index in [1.54, 1.807) is 17.7 Å². The molecule has 28 heavy (non-hydrogen) atoms. The molecule has 7 heteroatoms. The minimum Gasteiger partial charge on any atom is -0.460 e. The monoisotopic (exact) mass is 376 g/mol. The molecule has 0 amide bonds. The number of nitrogens with zero attached hydrogens (tertiary/aromatic N) is 4. The van der Waals surface area contributed by atoms with Crippen LogP contribution in [0.3, 0.4) is 0 Å². The van der Waals surface area contributed by atoms with E-state index in [4.69, 9.17) is 4.74 Å². The number of benzene rings is 2. The van der Waals surface area contributed by atoms with Gasteiger partial charge in [0.1, 0.15) is 6.61 Å². The fourth-order valence-corrected chi connectivity index (χ4v) is 3.42. The average molecular weight is 376 g/mol. The van der Waals surface area contributed by atoms with Gasteiger partial charge in [-0.3, -0.25) is 18.5 Å². The van der Waals surface area contributed by atoms with Crippen LogP contribution in [0.15, 0.2) is 64.7 Å². The normalized spacial score (nSPS) is 11.2. The molecule has 0 unspecified atom stereocenters. The summed E-state index contributed by atoms with van der Waals surface area (Å²) in [7, 11) is 3.06. The van der Waals surface area contributed by atoms with Gasteiger partial charge >= 0.3 is 5.69 Å². The zero-order valence-corrected chi connectivity index (χ0v) is 15.8. The first-order valence-electron chi connectivity index (χ1n) is 8.89. The number of aryl methyl sites for hydroxylation is 1. The Morgan fingerprint density at radius 2 is 1.82 bits per heavy atom. The Kier molecular flexibility index (Phi) is 4.35. The molecule has 142 valence electrons. The Hall–Kier alpha value is -3.61. The molecule has 4 rings (SSSR count). The van der Waals surface area contributed by atoms with Crippen molar-refractivity contribution in [1.29, 1.82) is 0 Å². The highest BCUT2D eigenvalue weighted by molar-refractivity contribution is 5.86. The predicted molar refractivity (Wildman–Crippen MR) is 109 cm³/mol. The number of imidazole rings is 1. The van der Waals surface area contributed by atoms with Gasteiger partial charge in [0.2, 0.25) is 0 Å². The molecule has 0 atom stereocenters.